The Morgan fingerprint density at radius 2 is 1.91 bits per heavy atom. The molecule has 2 aromatic heterocycles. The molecule has 3 heterocycles. The van der Waals surface area contributed by atoms with Crippen molar-refractivity contribution in [2.75, 3.05) is 11.4 Å². The summed E-state index contributed by atoms with van der Waals surface area (Å²) in [5.74, 6) is 1.11. The van der Waals surface area contributed by atoms with Crippen LogP contribution in [0.25, 0.3) is 0 Å². The molecular weight excluding hydrogens is 410 g/mol. The van der Waals surface area contributed by atoms with E-state index in [1.807, 2.05) is 25.1 Å². The number of hydrogen-bond donors (Lipinski definition) is 0. The Kier molecular flexibility index (Phi) is 5.19. The molecule has 1 aliphatic carbocycles. The molecule has 0 unspecified atom stereocenters. The lowest BCUT2D eigenvalue weighted by atomic mass is 9.61. The van der Waals surface area contributed by atoms with Crippen LogP contribution in [0.2, 0.25) is 0 Å². The molecule has 0 bridgehead atoms. The second-order valence-corrected chi connectivity index (χ2v) is 8.69. The van der Waals surface area contributed by atoms with Crippen LogP contribution in [0.1, 0.15) is 42.0 Å². The van der Waals surface area contributed by atoms with E-state index in [1.165, 1.54) is 12.1 Å². The van der Waals surface area contributed by atoms with E-state index in [1.54, 1.807) is 18.3 Å². The van der Waals surface area contributed by atoms with Gasteiger partial charge in [0.25, 0.3) is 0 Å². The van der Waals surface area contributed by atoms with Gasteiger partial charge in [-0.05, 0) is 68.5 Å². The van der Waals surface area contributed by atoms with E-state index in [9.17, 15) is 13.6 Å². The van der Waals surface area contributed by atoms with Crippen molar-refractivity contribution in [2.45, 2.75) is 50.6 Å². The van der Waals surface area contributed by atoms with Gasteiger partial charge in [0.15, 0.2) is 0 Å². The number of fused-ring (bicyclic) bond motifs is 1. The molecule has 0 saturated heterocycles. The zero-order chi connectivity index (χ0) is 22.3. The lowest BCUT2D eigenvalue weighted by Crippen LogP contribution is -2.50. The van der Waals surface area contributed by atoms with E-state index in [4.69, 9.17) is 4.98 Å². The van der Waals surface area contributed by atoms with Crippen LogP contribution < -0.4 is 4.90 Å². The number of halogens is 2. The van der Waals surface area contributed by atoms with Gasteiger partial charge in [-0.1, -0.05) is 12.1 Å². The minimum atomic E-state index is -1.01. The van der Waals surface area contributed by atoms with Gasteiger partial charge < -0.3 is 4.90 Å². The summed E-state index contributed by atoms with van der Waals surface area (Å²) in [6.45, 7) is 2.68. The molecule has 2 aliphatic rings. The maximum Gasteiger partial charge on any atom is 0.149 e. The van der Waals surface area contributed by atoms with Crippen LogP contribution in [0, 0.1) is 12.7 Å². The fourth-order valence-electron chi connectivity index (χ4n) is 4.78. The Labute approximate surface area is 185 Å². The summed E-state index contributed by atoms with van der Waals surface area (Å²) >= 11 is 0. The smallest absolute Gasteiger partial charge is 0.149 e. The van der Waals surface area contributed by atoms with Crippen LogP contribution in [0.4, 0.5) is 20.3 Å². The fourth-order valence-corrected chi connectivity index (χ4v) is 4.78. The molecule has 32 heavy (non-hydrogen) atoms. The molecule has 0 radical (unpaired) electrons. The van der Waals surface area contributed by atoms with Gasteiger partial charge in [0.1, 0.15) is 29.4 Å². The van der Waals surface area contributed by atoms with E-state index >= 15 is 0 Å². The Morgan fingerprint density at radius 1 is 1.12 bits per heavy atom. The van der Waals surface area contributed by atoms with Crippen LogP contribution in [0.5, 0.6) is 0 Å². The molecule has 0 atom stereocenters. The highest BCUT2D eigenvalue weighted by Gasteiger charge is 2.52. The number of anilines is 2. The van der Waals surface area contributed by atoms with Crippen molar-refractivity contribution in [3.63, 3.8) is 0 Å². The Balaban J connectivity index is 1.46. The number of hydrogen-bond acceptors (Lipinski definition) is 5. The molecule has 1 aromatic carbocycles. The molecule has 0 N–H and O–H groups in total. The van der Waals surface area contributed by atoms with E-state index < -0.39 is 11.6 Å². The van der Waals surface area contributed by atoms with Gasteiger partial charge in [0, 0.05) is 19.2 Å². The number of Topliss-reactive ketones (excluding diaryl/α,β-unsaturated/α-hetero) is 1. The molecule has 0 spiro atoms. The molecule has 0 amide bonds. The third kappa shape index (κ3) is 3.66. The zero-order valence-electron chi connectivity index (χ0n) is 17.9. The summed E-state index contributed by atoms with van der Waals surface area (Å²) in [6.07, 6.45) is 2.87. The first-order valence-electron chi connectivity index (χ1n) is 10.9. The molecule has 164 valence electrons. The van der Waals surface area contributed by atoms with Crippen LogP contribution in [-0.2, 0) is 23.1 Å². The molecular formula is C25H24F2N4O. The summed E-state index contributed by atoms with van der Waals surface area (Å²) < 4.78 is 27.3. The third-order valence-corrected chi connectivity index (χ3v) is 6.52. The summed E-state index contributed by atoms with van der Waals surface area (Å²) in [6, 6.07) is 11.6. The molecule has 5 nitrogen and oxygen atoms in total. The van der Waals surface area contributed by atoms with Gasteiger partial charge in [0.05, 0.1) is 22.5 Å². The number of rotatable bonds is 5. The number of alkyl halides is 1. The number of aromatic nitrogens is 3. The SMILES string of the molecule is Cc1nccc(N2CCCc3nc(C4(C(=O)Cc5ccc(F)cc5)CC(F)C4)ccc32)n1. The summed E-state index contributed by atoms with van der Waals surface area (Å²) in [5, 5.41) is 0. The van der Waals surface area contributed by atoms with Crippen molar-refractivity contribution in [3.05, 3.63) is 77.3 Å². The first-order valence-corrected chi connectivity index (χ1v) is 10.9. The summed E-state index contributed by atoms with van der Waals surface area (Å²) in [4.78, 5) is 29.0. The maximum atomic E-state index is 14.1. The van der Waals surface area contributed by atoms with Crippen molar-refractivity contribution in [1.29, 1.82) is 0 Å². The molecule has 1 saturated carbocycles. The highest BCUT2D eigenvalue weighted by molar-refractivity contribution is 5.92. The number of nitrogens with zero attached hydrogens (tertiary/aromatic N) is 4. The average Bonchev–Trinajstić information content (AvgIpc) is 2.77. The van der Waals surface area contributed by atoms with Crippen molar-refractivity contribution >= 4 is 17.3 Å². The van der Waals surface area contributed by atoms with Gasteiger partial charge in [-0.25, -0.2) is 18.7 Å². The van der Waals surface area contributed by atoms with E-state index in [-0.39, 0.29) is 30.9 Å². The van der Waals surface area contributed by atoms with Crippen molar-refractivity contribution < 1.29 is 13.6 Å². The van der Waals surface area contributed by atoms with Gasteiger partial charge in [-0.2, -0.15) is 0 Å². The van der Waals surface area contributed by atoms with Crippen LogP contribution in [0.15, 0.2) is 48.7 Å². The van der Waals surface area contributed by atoms with Crippen LogP contribution in [0.3, 0.4) is 0 Å². The predicted octanol–water partition coefficient (Wildman–Crippen LogP) is 4.58. The van der Waals surface area contributed by atoms with Gasteiger partial charge in [-0.3, -0.25) is 9.78 Å². The van der Waals surface area contributed by atoms with Crippen LogP contribution >= 0.6 is 0 Å². The normalized spacial score (nSPS) is 22.2. The van der Waals surface area contributed by atoms with Crippen molar-refractivity contribution in [2.24, 2.45) is 0 Å². The monoisotopic (exact) mass is 434 g/mol. The van der Waals surface area contributed by atoms with Crippen LogP contribution in [-0.4, -0.2) is 33.5 Å². The van der Waals surface area contributed by atoms with Gasteiger partial charge in [-0.15, -0.1) is 0 Å². The molecule has 7 heteroatoms. The van der Waals surface area contributed by atoms with E-state index in [2.05, 4.69) is 14.9 Å². The van der Waals surface area contributed by atoms with E-state index in [0.29, 0.717) is 11.5 Å². The highest BCUT2D eigenvalue weighted by Crippen LogP contribution is 2.47. The topological polar surface area (TPSA) is 59.0 Å². The van der Waals surface area contributed by atoms with Gasteiger partial charge >= 0.3 is 0 Å². The summed E-state index contributed by atoms with van der Waals surface area (Å²) in [5.41, 5.74) is 2.31. The Hall–Kier alpha value is -3.22. The lowest BCUT2D eigenvalue weighted by molar-refractivity contribution is -0.130. The summed E-state index contributed by atoms with van der Waals surface area (Å²) in [7, 11) is 0. The second-order valence-electron chi connectivity index (χ2n) is 8.69. The van der Waals surface area contributed by atoms with Crippen molar-refractivity contribution in [3.8, 4) is 0 Å². The van der Waals surface area contributed by atoms with Gasteiger partial charge in [0.2, 0.25) is 0 Å². The van der Waals surface area contributed by atoms with E-state index in [0.717, 1.165) is 42.1 Å². The molecule has 1 aliphatic heterocycles. The number of benzene rings is 1. The Bertz CT molecular complexity index is 1160. The highest BCUT2D eigenvalue weighted by atomic mass is 19.1. The number of pyridine rings is 1. The first kappa shape index (κ1) is 20.7. The second kappa shape index (κ2) is 8.04. The quantitative estimate of drug-likeness (QED) is 0.588. The minimum Gasteiger partial charge on any atom is -0.325 e. The fraction of sp³-hybridized carbons (Fsp3) is 0.360. The minimum absolute atomic E-state index is 0.0652. The standard InChI is InChI=1S/C25H24F2N4O/c1-16-28-11-10-24(29-16)31-12-2-3-20-21(31)8-9-22(30-20)25(14-19(27)15-25)23(32)13-17-4-6-18(26)7-5-17/h4-11,19H,2-3,12-15H2,1H3. The third-order valence-electron chi connectivity index (χ3n) is 6.52. The zero-order valence-corrected chi connectivity index (χ0v) is 17.9. The first-order chi connectivity index (χ1) is 15.4. The maximum absolute atomic E-state index is 14.1. The number of carbonyl (C=O) groups excluding carboxylic acids is 1. The molecule has 1 fully saturated rings. The van der Waals surface area contributed by atoms with Crippen molar-refractivity contribution in [1.82, 2.24) is 15.0 Å². The average molecular weight is 434 g/mol. The predicted molar refractivity (Wildman–Crippen MR) is 117 cm³/mol. The largest absolute Gasteiger partial charge is 0.325 e. The number of aryl methyl sites for hydroxylation is 2. The lowest BCUT2D eigenvalue weighted by Gasteiger charge is -2.43. The number of ketones is 1. The number of carbonyl (C=O) groups is 1. The molecule has 3 aromatic rings. The molecule has 5 rings (SSSR count). The Morgan fingerprint density at radius 3 is 2.62 bits per heavy atom.